The lowest BCUT2D eigenvalue weighted by atomic mass is 9.88. The van der Waals surface area contributed by atoms with Gasteiger partial charge in [0.05, 0.1) is 5.52 Å². The Morgan fingerprint density at radius 2 is 1.93 bits per heavy atom. The first-order valence-electron chi connectivity index (χ1n) is 11.4. The molecule has 1 fully saturated rings. The quantitative estimate of drug-likeness (QED) is 0.408. The summed E-state index contributed by atoms with van der Waals surface area (Å²) in [6.07, 6.45) is 7.03. The molecule has 0 aliphatic carbocycles. The summed E-state index contributed by atoms with van der Waals surface area (Å²) in [4.78, 5) is 10.8. The van der Waals surface area contributed by atoms with Crippen LogP contribution in [0, 0.1) is 6.92 Å². The zero-order chi connectivity index (χ0) is 20.5. The third-order valence-electron chi connectivity index (χ3n) is 6.86. The topological polar surface area (TPSA) is 31.9 Å². The van der Waals surface area contributed by atoms with Crippen molar-refractivity contribution >= 4 is 21.8 Å². The van der Waals surface area contributed by atoms with E-state index in [2.05, 4.69) is 71.2 Å². The van der Waals surface area contributed by atoms with Crippen LogP contribution in [-0.2, 0) is 0 Å². The third-order valence-corrected chi connectivity index (χ3v) is 6.86. The molecule has 0 atom stereocenters. The smallest absolute Gasteiger partial charge is 0.0702 e. The van der Waals surface area contributed by atoms with Crippen LogP contribution in [0.2, 0.25) is 0 Å². The predicted molar refractivity (Wildman–Crippen MR) is 127 cm³/mol. The van der Waals surface area contributed by atoms with Crippen LogP contribution in [-0.4, -0.2) is 34.5 Å². The van der Waals surface area contributed by atoms with Crippen LogP contribution >= 0.6 is 0 Å². The maximum atomic E-state index is 4.45. The van der Waals surface area contributed by atoms with Gasteiger partial charge in [-0.3, -0.25) is 4.98 Å². The molecule has 30 heavy (non-hydrogen) atoms. The summed E-state index contributed by atoms with van der Waals surface area (Å²) in [7, 11) is 0. The summed E-state index contributed by atoms with van der Waals surface area (Å²) in [6.45, 7) is 8.28. The number of nitrogens with one attached hydrogen (secondary N) is 1. The molecule has 0 spiro atoms. The van der Waals surface area contributed by atoms with E-state index in [0.717, 1.165) is 5.52 Å². The highest BCUT2D eigenvalue weighted by molar-refractivity contribution is 5.93. The number of aryl methyl sites for hydroxylation is 1. The molecule has 4 aromatic rings. The third kappa shape index (κ3) is 3.63. The van der Waals surface area contributed by atoms with E-state index in [9.17, 15) is 0 Å². The molecule has 0 unspecified atom stereocenters. The Morgan fingerprint density at radius 3 is 2.77 bits per heavy atom. The molecule has 1 aliphatic heterocycles. The van der Waals surface area contributed by atoms with E-state index < -0.39 is 0 Å². The van der Waals surface area contributed by atoms with Gasteiger partial charge in [0.25, 0.3) is 0 Å². The number of pyridine rings is 1. The van der Waals surface area contributed by atoms with Crippen molar-refractivity contribution in [3.8, 4) is 11.3 Å². The van der Waals surface area contributed by atoms with E-state index in [1.807, 2.05) is 12.3 Å². The molecule has 2 aromatic carbocycles. The second kappa shape index (κ2) is 8.23. The van der Waals surface area contributed by atoms with E-state index in [1.165, 1.54) is 84.0 Å². The maximum Gasteiger partial charge on any atom is 0.0702 e. The van der Waals surface area contributed by atoms with Gasteiger partial charge in [-0.1, -0.05) is 31.5 Å². The molecule has 0 saturated carbocycles. The van der Waals surface area contributed by atoms with Gasteiger partial charge < -0.3 is 9.88 Å². The van der Waals surface area contributed by atoms with Crippen molar-refractivity contribution in [1.29, 1.82) is 0 Å². The van der Waals surface area contributed by atoms with E-state index in [1.54, 1.807) is 0 Å². The molecule has 3 heterocycles. The van der Waals surface area contributed by atoms with Crippen LogP contribution in [0.3, 0.4) is 0 Å². The summed E-state index contributed by atoms with van der Waals surface area (Å²) in [5.41, 5.74) is 7.59. The van der Waals surface area contributed by atoms with Crippen molar-refractivity contribution < 1.29 is 0 Å². The Bertz CT molecular complexity index is 1170. The number of piperidine rings is 1. The first kappa shape index (κ1) is 19.3. The molecule has 1 N–H and O–H groups in total. The number of fused-ring (bicyclic) bond motifs is 2. The summed E-state index contributed by atoms with van der Waals surface area (Å²) < 4.78 is 0. The van der Waals surface area contributed by atoms with Gasteiger partial charge in [0.15, 0.2) is 0 Å². The number of hydrogen-bond donors (Lipinski definition) is 1. The van der Waals surface area contributed by atoms with Gasteiger partial charge in [-0.15, -0.1) is 0 Å². The lowest BCUT2D eigenvalue weighted by molar-refractivity contribution is 0.210. The van der Waals surface area contributed by atoms with Crippen molar-refractivity contribution in [2.45, 2.75) is 45.4 Å². The Kier molecular flexibility index (Phi) is 5.30. The monoisotopic (exact) mass is 397 g/mol. The average Bonchev–Trinajstić information content (AvgIpc) is 3.13. The normalized spacial score (nSPS) is 15.9. The number of benzene rings is 2. The lowest BCUT2D eigenvalue weighted by Crippen LogP contribution is -2.33. The first-order chi connectivity index (χ1) is 14.7. The van der Waals surface area contributed by atoms with Crippen LogP contribution in [0.15, 0.2) is 54.7 Å². The van der Waals surface area contributed by atoms with Crippen molar-refractivity contribution in [3.63, 3.8) is 0 Å². The van der Waals surface area contributed by atoms with Crippen LogP contribution < -0.4 is 0 Å². The number of aromatic nitrogens is 2. The predicted octanol–water partition coefficient (Wildman–Crippen LogP) is 6.67. The van der Waals surface area contributed by atoms with Crippen LogP contribution in [0.1, 0.15) is 49.7 Å². The second-order valence-electron chi connectivity index (χ2n) is 8.81. The van der Waals surface area contributed by atoms with Gasteiger partial charge >= 0.3 is 0 Å². The Balaban J connectivity index is 1.42. The number of unbranched alkanes of at least 4 members (excludes halogenated alkanes) is 1. The van der Waals surface area contributed by atoms with E-state index in [0.29, 0.717) is 5.92 Å². The van der Waals surface area contributed by atoms with Gasteiger partial charge in [0, 0.05) is 28.2 Å². The van der Waals surface area contributed by atoms with E-state index in [-0.39, 0.29) is 0 Å². The minimum atomic E-state index is 0.691. The van der Waals surface area contributed by atoms with Crippen molar-refractivity contribution in [1.82, 2.24) is 14.9 Å². The van der Waals surface area contributed by atoms with Gasteiger partial charge in [0.2, 0.25) is 0 Å². The number of likely N-dealkylation sites (tertiary alicyclic amines) is 1. The number of nitrogens with zero attached hydrogens (tertiary/aromatic N) is 2. The molecule has 154 valence electrons. The standard InChI is InChI=1S/C27H31N3/c1-3-4-14-30-15-11-20(12-16-30)21-7-10-26-24(18-21)19(2)27(29-26)23-8-9-25-22(17-23)6-5-13-28-25/h5-10,13,17-18,20,29H,3-4,11-12,14-16H2,1-2H3. The molecule has 0 bridgehead atoms. The first-order valence-corrected chi connectivity index (χ1v) is 11.4. The summed E-state index contributed by atoms with van der Waals surface area (Å²) in [6, 6.07) is 17.8. The molecular weight excluding hydrogens is 366 g/mol. The van der Waals surface area contributed by atoms with E-state index in [4.69, 9.17) is 0 Å². The second-order valence-corrected chi connectivity index (χ2v) is 8.81. The highest BCUT2D eigenvalue weighted by Crippen LogP contribution is 2.35. The van der Waals surface area contributed by atoms with Crippen molar-refractivity contribution in [2.75, 3.05) is 19.6 Å². The van der Waals surface area contributed by atoms with Gasteiger partial charge in [-0.05, 0) is 98.8 Å². The zero-order valence-electron chi connectivity index (χ0n) is 18.1. The number of hydrogen-bond acceptors (Lipinski definition) is 2. The van der Waals surface area contributed by atoms with Gasteiger partial charge in [0.1, 0.15) is 0 Å². The Hall–Kier alpha value is -2.65. The number of H-pyrrole nitrogens is 1. The van der Waals surface area contributed by atoms with Crippen LogP contribution in [0.25, 0.3) is 33.1 Å². The van der Waals surface area contributed by atoms with Gasteiger partial charge in [-0.2, -0.15) is 0 Å². The van der Waals surface area contributed by atoms with Crippen molar-refractivity contribution in [2.24, 2.45) is 0 Å². The highest BCUT2D eigenvalue weighted by Gasteiger charge is 2.21. The highest BCUT2D eigenvalue weighted by atomic mass is 15.1. The molecule has 2 aromatic heterocycles. The van der Waals surface area contributed by atoms with Crippen molar-refractivity contribution in [3.05, 3.63) is 65.9 Å². The molecule has 3 nitrogen and oxygen atoms in total. The fourth-order valence-electron chi connectivity index (χ4n) is 4.99. The lowest BCUT2D eigenvalue weighted by Gasteiger charge is -2.32. The minimum absolute atomic E-state index is 0.691. The molecule has 5 rings (SSSR count). The Labute approximate surface area is 179 Å². The van der Waals surface area contributed by atoms with Crippen LogP contribution in [0.4, 0.5) is 0 Å². The molecule has 0 radical (unpaired) electrons. The van der Waals surface area contributed by atoms with Crippen LogP contribution in [0.5, 0.6) is 0 Å². The zero-order valence-corrected chi connectivity index (χ0v) is 18.1. The largest absolute Gasteiger partial charge is 0.354 e. The molecule has 0 amide bonds. The SMILES string of the molecule is CCCCN1CCC(c2ccc3[nH]c(-c4ccc5ncccc5c4)c(C)c3c2)CC1. The molecule has 3 heteroatoms. The number of aromatic amines is 1. The molecule has 1 aliphatic rings. The summed E-state index contributed by atoms with van der Waals surface area (Å²) in [5, 5.41) is 2.55. The molecule has 1 saturated heterocycles. The minimum Gasteiger partial charge on any atom is -0.354 e. The maximum absolute atomic E-state index is 4.45. The van der Waals surface area contributed by atoms with E-state index >= 15 is 0 Å². The fourth-order valence-corrected chi connectivity index (χ4v) is 4.99. The van der Waals surface area contributed by atoms with Gasteiger partial charge in [-0.25, -0.2) is 0 Å². The fraction of sp³-hybridized carbons (Fsp3) is 0.370. The Morgan fingerprint density at radius 1 is 1.07 bits per heavy atom. The average molecular weight is 398 g/mol. The summed E-state index contributed by atoms with van der Waals surface area (Å²) in [5.74, 6) is 0.691. The summed E-state index contributed by atoms with van der Waals surface area (Å²) >= 11 is 0. The molecular formula is C27H31N3. The number of rotatable bonds is 5.